The van der Waals surface area contributed by atoms with Gasteiger partial charge in [0, 0.05) is 25.0 Å². The minimum Gasteiger partial charge on any atom is -0.291 e. The lowest BCUT2D eigenvalue weighted by Crippen LogP contribution is -2.42. The summed E-state index contributed by atoms with van der Waals surface area (Å²) >= 11 is 0. The SMILES string of the molecule is C=C1CCN2CC(F)C[C@]12CC(C)(C)C. The molecule has 2 aliphatic heterocycles. The van der Waals surface area contributed by atoms with E-state index in [1.807, 2.05) is 0 Å². The summed E-state index contributed by atoms with van der Waals surface area (Å²) in [5.74, 6) is 0. The van der Waals surface area contributed by atoms with Crippen LogP contribution in [0.2, 0.25) is 0 Å². The van der Waals surface area contributed by atoms with Crippen LogP contribution >= 0.6 is 0 Å². The molecule has 0 spiro atoms. The van der Waals surface area contributed by atoms with Gasteiger partial charge in [-0.3, -0.25) is 4.90 Å². The Balaban J connectivity index is 2.25. The third-order valence-corrected chi connectivity index (χ3v) is 3.75. The van der Waals surface area contributed by atoms with Crippen LogP contribution in [0.5, 0.6) is 0 Å². The van der Waals surface area contributed by atoms with E-state index in [9.17, 15) is 4.39 Å². The van der Waals surface area contributed by atoms with Gasteiger partial charge in [0.25, 0.3) is 0 Å². The predicted molar refractivity (Wildman–Crippen MR) is 61.6 cm³/mol. The highest BCUT2D eigenvalue weighted by molar-refractivity contribution is 5.27. The summed E-state index contributed by atoms with van der Waals surface area (Å²) in [4.78, 5) is 2.32. The number of nitrogens with zero attached hydrogens (tertiary/aromatic N) is 1. The lowest BCUT2D eigenvalue weighted by atomic mass is 9.75. The van der Waals surface area contributed by atoms with Gasteiger partial charge in [0.2, 0.25) is 0 Å². The Bertz CT molecular complexity index is 279. The summed E-state index contributed by atoms with van der Waals surface area (Å²) < 4.78 is 13.6. The maximum Gasteiger partial charge on any atom is 0.115 e. The van der Waals surface area contributed by atoms with Crippen molar-refractivity contribution in [2.45, 2.75) is 51.7 Å². The van der Waals surface area contributed by atoms with E-state index >= 15 is 0 Å². The van der Waals surface area contributed by atoms with E-state index in [2.05, 4.69) is 32.3 Å². The van der Waals surface area contributed by atoms with Crippen LogP contribution in [-0.4, -0.2) is 29.7 Å². The summed E-state index contributed by atoms with van der Waals surface area (Å²) in [6.07, 6.45) is 2.12. The molecule has 2 aliphatic rings. The van der Waals surface area contributed by atoms with E-state index < -0.39 is 6.17 Å². The molecule has 1 nitrogen and oxygen atoms in total. The molecule has 15 heavy (non-hydrogen) atoms. The summed E-state index contributed by atoms with van der Waals surface area (Å²) in [5.41, 5.74) is 1.49. The molecular formula is C13H22FN. The second-order valence-corrected chi connectivity index (χ2v) is 6.37. The zero-order chi connectivity index (χ0) is 11.3. The third kappa shape index (κ3) is 1.84. The lowest BCUT2D eigenvalue weighted by Gasteiger charge is -2.38. The van der Waals surface area contributed by atoms with Gasteiger partial charge in [0.15, 0.2) is 0 Å². The first-order chi connectivity index (χ1) is 6.83. The smallest absolute Gasteiger partial charge is 0.115 e. The summed E-state index contributed by atoms with van der Waals surface area (Å²) in [6, 6.07) is 0. The number of halogens is 1. The third-order valence-electron chi connectivity index (χ3n) is 3.75. The van der Waals surface area contributed by atoms with Gasteiger partial charge >= 0.3 is 0 Å². The molecule has 0 N–H and O–H groups in total. The van der Waals surface area contributed by atoms with Crippen LogP contribution in [-0.2, 0) is 0 Å². The van der Waals surface area contributed by atoms with Crippen LogP contribution < -0.4 is 0 Å². The van der Waals surface area contributed by atoms with Gasteiger partial charge in [-0.1, -0.05) is 32.9 Å². The minimum atomic E-state index is -0.649. The zero-order valence-corrected chi connectivity index (χ0v) is 10.1. The molecule has 0 aromatic carbocycles. The minimum absolute atomic E-state index is 0.0162. The Morgan fingerprint density at radius 3 is 2.80 bits per heavy atom. The molecule has 2 saturated heterocycles. The lowest BCUT2D eigenvalue weighted by molar-refractivity contribution is 0.155. The number of alkyl halides is 1. The Labute approximate surface area is 92.3 Å². The number of fused-ring (bicyclic) bond motifs is 1. The molecule has 2 rings (SSSR count). The maximum absolute atomic E-state index is 13.6. The van der Waals surface area contributed by atoms with Crippen molar-refractivity contribution < 1.29 is 4.39 Å². The van der Waals surface area contributed by atoms with E-state index in [4.69, 9.17) is 0 Å². The second kappa shape index (κ2) is 3.31. The van der Waals surface area contributed by atoms with Gasteiger partial charge in [-0.2, -0.15) is 0 Å². The maximum atomic E-state index is 13.6. The monoisotopic (exact) mass is 211 g/mol. The Morgan fingerprint density at radius 1 is 1.53 bits per heavy atom. The van der Waals surface area contributed by atoms with Gasteiger partial charge in [-0.15, -0.1) is 0 Å². The molecule has 2 fully saturated rings. The van der Waals surface area contributed by atoms with Gasteiger partial charge in [-0.05, 0) is 18.3 Å². The molecular weight excluding hydrogens is 189 g/mol. The van der Waals surface area contributed by atoms with E-state index in [0.29, 0.717) is 13.0 Å². The molecule has 0 aliphatic carbocycles. The molecule has 2 atom stereocenters. The Kier molecular flexibility index (Phi) is 2.45. The zero-order valence-electron chi connectivity index (χ0n) is 10.1. The molecule has 0 aromatic rings. The molecule has 0 aromatic heterocycles. The molecule has 0 saturated carbocycles. The van der Waals surface area contributed by atoms with Gasteiger partial charge in [-0.25, -0.2) is 4.39 Å². The van der Waals surface area contributed by atoms with E-state index in [-0.39, 0.29) is 11.0 Å². The average molecular weight is 211 g/mol. The van der Waals surface area contributed by atoms with Crippen LogP contribution in [0.15, 0.2) is 12.2 Å². The summed E-state index contributed by atoms with van der Waals surface area (Å²) in [5, 5.41) is 0. The molecule has 2 heteroatoms. The summed E-state index contributed by atoms with van der Waals surface area (Å²) in [7, 11) is 0. The van der Waals surface area contributed by atoms with Gasteiger partial charge in [0.05, 0.1) is 0 Å². The quantitative estimate of drug-likeness (QED) is 0.602. The fourth-order valence-corrected chi connectivity index (χ4v) is 3.34. The van der Waals surface area contributed by atoms with Crippen LogP contribution in [0.4, 0.5) is 4.39 Å². The fraction of sp³-hybridized carbons (Fsp3) is 0.846. The molecule has 0 radical (unpaired) electrons. The highest BCUT2D eigenvalue weighted by atomic mass is 19.1. The van der Waals surface area contributed by atoms with Gasteiger partial charge < -0.3 is 0 Å². The Morgan fingerprint density at radius 2 is 2.20 bits per heavy atom. The van der Waals surface area contributed by atoms with Crippen molar-refractivity contribution in [2.24, 2.45) is 5.41 Å². The standard InChI is InChI=1S/C13H22FN/c1-10-5-6-15-8-11(14)7-13(10,15)9-12(2,3)4/h11H,1,5-9H2,2-4H3/t11?,13-/m0/s1. The van der Waals surface area contributed by atoms with Crippen molar-refractivity contribution in [2.75, 3.05) is 13.1 Å². The second-order valence-electron chi connectivity index (χ2n) is 6.37. The molecule has 1 unspecified atom stereocenters. The first kappa shape index (κ1) is 11.1. The Hall–Kier alpha value is -0.370. The average Bonchev–Trinajstić information content (AvgIpc) is 2.47. The van der Waals surface area contributed by atoms with E-state index in [1.54, 1.807) is 0 Å². The van der Waals surface area contributed by atoms with Crippen molar-refractivity contribution >= 4 is 0 Å². The molecule has 0 amide bonds. The summed E-state index contributed by atoms with van der Waals surface area (Å²) in [6.45, 7) is 12.5. The van der Waals surface area contributed by atoms with Crippen LogP contribution in [0.25, 0.3) is 0 Å². The first-order valence-corrected chi connectivity index (χ1v) is 5.91. The van der Waals surface area contributed by atoms with Crippen LogP contribution in [0.3, 0.4) is 0 Å². The van der Waals surface area contributed by atoms with E-state index in [1.165, 1.54) is 5.57 Å². The highest BCUT2D eigenvalue weighted by Gasteiger charge is 2.52. The van der Waals surface area contributed by atoms with Crippen LogP contribution in [0.1, 0.15) is 40.0 Å². The van der Waals surface area contributed by atoms with Crippen molar-refractivity contribution in [3.63, 3.8) is 0 Å². The van der Waals surface area contributed by atoms with Crippen molar-refractivity contribution in [1.29, 1.82) is 0 Å². The first-order valence-electron chi connectivity index (χ1n) is 5.91. The largest absolute Gasteiger partial charge is 0.291 e. The highest BCUT2D eigenvalue weighted by Crippen LogP contribution is 2.48. The van der Waals surface area contributed by atoms with E-state index in [0.717, 1.165) is 19.4 Å². The predicted octanol–water partition coefficient (Wildman–Crippen LogP) is 3.17. The number of hydrogen-bond acceptors (Lipinski definition) is 1. The normalized spacial score (nSPS) is 37.3. The van der Waals surface area contributed by atoms with Crippen LogP contribution in [0, 0.1) is 5.41 Å². The van der Waals surface area contributed by atoms with Crippen molar-refractivity contribution in [3.05, 3.63) is 12.2 Å². The number of rotatable bonds is 1. The topological polar surface area (TPSA) is 3.24 Å². The number of hydrogen-bond donors (Lipinski definition) is 0. The fourth-order valence-electron chi connectivity index (χ4n) is 3.34. The molecule has 2 heterocycles. The molecule has 86 valence electrons. The molecule has 0 bridgehead atoms. The van der Waals surface area contributed by atoms with Crippen molar-refractivity contribution in [1.82, 2.24) is 4.90 Å². The van der Waals surface area contributed by atoms with Gasteiger partial charge in [0.1, 0.15) is 6.17 Å². The van der Waals surface area contributed by atoms with Crippen molar-refractivity contribution in [3.8, 4) is 0 Å².